The fourth-order valence-electron chi connectivity index (χ4n) is 1.53. The van der Waals surface area contributed by atoms with Gasteiger partial charge in [0.25, 0.3) is 0 Å². The zero-order valence-electron chi connectivity index (χ0n) is 9.63. The van der Waals surface area contributed by atoms with E-state index in [-0.39, 0.29) is 0 Å². The average Bonchev–Trinajstić information content (AvgIpc) is 2.11. The van der Waals surface area contributed by atoms with Crippen LogP contribution in [0.1, 0.15) is 44.9 Å². The van der Waals surface area contributed by atoms with Crippen molar-refractivity contribution in [2.24, 2.45) is 0 Å². The van der Waals surface area contributed by atoms with Crippen LogP contribution in [-0.4, -0.2) is 12.0 Å². The summed E-state index contributed by atoms with van der Waals surface area (Å²) >= 11 is 34.8. The lowest BCUT2D eigenvalue weighted by atomic mass is 10.1. The van der Waals surface area contributed by atoms with E-state index < -0.39 is 12.0 Å². The summed E-state index contributed by atoms with van der Waals surface area (Å²) in [4.78, 5) is 0. The van der Waals surface area contributed by atoms with E-state index in [0.29, 0.717) is 0 Å². The summed E-state index contributed by atoms with van der Waals surface area (Å²) in [5.74, 6) is 0. The average molecular weight is 395 g/mol. The summed E-state index contributed by atoms with van der Waals surface area (Å²) in [6.07, 6.45) is 8.01. The molecular formula is C9H18Cl6Si2. The van der Waals surface area contributed by atoms with Gasteiger partial charge in [0, 0.05) is 0 Å². The molecule has 8 heteroatoms. The van der Waals surface area contributed by atoms with Crippen LogP contribution >= 0.6 is 66.5 Å². The van der Waals surface area contributed by atoms with Gasteiger partial charge in [0.15, 0.2) is 0 Å². The van der Waals surface area contributed by atoms with Crippen LogP contribution in [0.3, 0.4) is 0 Å². The molecule has 0 unspecified atom stereocenters. The Morgan fingerprint density at radius 2 is 0.647 bits per heavy atom. The van der Waals surface area contributed by atoms with Crippen molar-refractivity contribution in [3.63, 3.8) is 0 Å². The Hall–Kier alpha value is 2.17. The minimum Gasteiger partial charge on any atom is -0.126 e. The predicted molar refractivity (Wildman–Crippen MR) is 88.6 cm³/mol. The highest BCUT2D eigenvalue weighted by Gasteiger charge is 2.24. The van der Waals surface area contributed by atoms with Gasteiger partial charge in [-0.15, -0.1) is 66.5 Å². The molecule has 0 aliphatic carbocycles. The first-order valence-electron chi connectivity index (χ1n) is 5.84. The molecule has 0 rings (SSSR count). The Kier molecular flexibility index (Phi) is 11.3. The van der Waals surface area contributed by atoms with Crippen molar-refractivity contribution in [1.29, 1.82) is 0 Å². The number of halogens is 6. The molecule has 0 aliphatic heterocycles. The van der Waals surface area contributed by atoms with Gasteiger partial charge in [-0.3, -0.25) is 0 Å². The molecule has 0 fully saturated rings. The molecule has 0 aromatic rings. The standard InChI is InChI=1S/C9H18Cl6Si2/c10-16(11,12)8-6-4-2-1-3-5-7-9-17(13,14)15/h1-9H2. The highest BCUT2D eigenvalue weighted by molar-refractivity contribution is 7.65. The first-order chi connectivity index (χ1) is 7.71. The van der Waals surface area contributed by atoms with Crippen molar-refractivity contribution in [3.05, 3.63) is 0 Å². The smallest absolute Gasteiger partial charge is 0.126 e. The molecule has 17 heavy (non-hydrogen) atoms. The summed E-state index contributed by atoms with van der Waals surface area (Å²) in [6.45, 7) is 0. The van der Waals surface area contributed by atoms with Gasteiger partial charge in [0.1, 0.15) is 0 Å². The highest BCUT2D eigenvalue weighted by atomic mass is 35.8. The zero-order chi connectivity index (χ0) is 13.4. The van der Waals surface area contributed by atoms with E-state index in [1.807, 2.05) is 0 Å². The van der Waals surface area contributed by atoms with E-state index in [4.69, 9.17) is 66.5 Å². The Balaban J connectivity index is 3.15. The van der Waals surface area contributed by atoms with Crippen molar-refractivity contribution in [1.82, 2.24) is 0 Å². The maximum absolute atomic E-state index is 5.79. The SMILES string of the molecule is Cl[Si](Cl)(Cl)CCCCCCCCC[Si](Cl)(Cl)Cl. The van der Waals surface area contributed by atoms with Crippen LogP contribution in [0.15, 0.2) is 0 Å². The molecular weight excluding hydrogens is 377 g/mol. The van der Waals surface area contributed by atoms with Crippen molar-refractivity contribution in [2.45, 2.75) is 57.0 Å². The molecule has 0 saturated carbocycles. The summed E-state index contributed by atoms with van der Waals surface area (Å²) in [7, 11) is 0. The van der Waals surface area contributed by atoms with E-state index in [0.717, 1.165) is 37.8 Å². The molecule has 0 atom stereocenters. The zero-order valence-corrected chi connectivity index (χ0v) is 16.2. The van der Waals surface area contributed by atoms with Gasteiger partial charge in [-0.05, 0) is 12.1 Å². The Morgan fingerprint density at radius 3 is 0.882 bits per heavy atom. The lowest BCUT2D eigenvalue weighted by Crippen LogP contribution is -2.07. The second-order valence-electron chi connectivity index (χ2n) is 4.21. The van der Waals surface area contributed by atoms with Gasteiger partial charge in [0.2, 0.25) is 0 Å². The lowest BCUT2D eigenvalue weighted by Gasteiger charge is -2.08. The van der Waals surface area contributed by atoms with Gasteiger partial charge in [-0.2, -0.15) is 0 Å². The monoisotopic (exact) mass is 392 g/mol. The molecule has 0 nitrogen and oxygen atoms in total. The summed E-state index contributed by atoms with van der Waals surface area (Å²) < 4.78 is 0. The number of rotatable bonds is 10. The third-order valence-electron chi connectivity index (χ3n) is 2.42. The van der Waals surface area contributed by atoms with Crippen LogP contribution in [0, 0.1) is 0 Å². The minimum absolute atomic E-state index is 0.774. The van der Waals surface area contributed by atoms with Crippen LogP contribution < -0.4 is 0 Å². The molecule has 0 spiro atoms. The van der Waals surface area contributed by atoms with E-state index in [1.165, 1.54) is 19.3 Å². The fourth-order valence-corrected chi connectivity index (χ4v) is 5.24. The molecule has 0 aromatic carbocycles. The van der Waals surface area contributed by atoms with Crippen molar-refractivity contribution >= 4 is 78.5 Å². The first kappa shape index (κ1) is 19.2. The summed E-state index contributed by atoms with van der Waals surface area (Å²) in [5, 5.41) is 0. The molecule has 0 aliphatic rings. The topological polar surface area (TPSA) is 0 Å². The van der Waals surface area contributed by atoms with Gasteiger partial charge in [-0.1, -0.05) is 44.9 Å². The molecule has 0 aromatic heterocycles. The van der Waals surface area contributed by atoms with Gasteiger partial charge < -0.3 is 0 Å². The van der Waals surface area contributed by atoms with E-state index in [2.05, 4.69) is 0 Å². The van der Waals surface area contributed by atoms with Crippen molar-refractivity contribution in [3.8, 4) is 0 Å². The maximum Gasteiger partial charge on any atom is 0.341 e. The van der Waals surface area contributed by atoms with Gasteiger partial charge >= 0.3 is 12.0 Å². The molecule has 0 saturated heterocycles. The predicted octanol–water partition coefficient (Wildman–Crippen LogP) is 7.03. The highest BCUT2D eigenvalue weighted by Crippen LogP contribution is 2.29. The Morgan fingerprint density at radius 1 is 0.412 bits per heavy atom. The van der Waals surface area contributed by atoms with Crippen LogP contribution in [0.5, 0.6) is 0 Å². The summed E-state index contributed by atoms with van der Waals surface area (Å²) in [5.41, 5.74) is 0. The van der Waals surface area contributed by atoms with Crippen LogP contribution in [0.4, 0.5) is 0 Å². The first-order valence-corrected chi connectivity index (χ1v) is 16.3. The van der Waals surface area contributed by atoms with Crippen LogP contribution in [0.25, 0.3) is 0 Å². The van der Waals surface area contributed by atoms with Crippen molar-refractivity contribution in [2.75, 3.05) is 0 Å². The second-order valence-corrected chi connectivity index (χ2v) is 22.8. The van der Waals surface area contributed by atoms with Gasteiger partial charge in [-0.25, -0.2) is 0 Å². The Labute approximate surface area is 134 Å². The molecule has 0 bridgehead atoms. The Bertz CT molecular complexity index is 169. The van der Waals surface area contributed by atoms with E-state index >= 15 is 0 Å². The lowest BCUT2D eigenvalue weighted by molar-refractivity contribution is 0.601. The number of unbranched alkanes of at least 4 members (excludes halogenated alkanes) is 6. The van der Waals surface area contributed by atoms with E-state index in [1.54, 1.807) is 0 Å². The molecule has 0 radical (unpaired) electrons. The van der Waals surface area contributed by atoms with Crippen LogP contribution in [-0.2, 0) is 0 Å². The van der Waals surface area contributed by atoms with Crippen molar-refractivity contribution < 1.29 is 0 Å². The number of hydrogen-bond acceptors (Lipinski definition) is 0. The van der Waals surface area contributed by atoms with Crippen LogP contribution in [0.2, 0.25) is 12.1 Å². The second kappa shape index (κ2) is 9.98. The molecule has 0 amide bonds. The quantitative estimate of drug-likeness (QED) is 0.212. The molecule has 104 valence electrons. The molecule has 0 N–H and O–H groups in total. The maximum atomic E-state index is 5.79. The summed E-state index contributed by atoms with van der Waals surface area (Å²) in [6, 6.07) is -3.22. The third kappa shape index (κ3) is 18.2. The largest absolute Gasteiger partial charge is 0.341 e. The minimum atomic E-state index is -2.38. The number of hydrogen-bond donors (Lipinski definition) is 0. The molecule has 0 heterocycles. The fraction of sp³-hybridized carbons (Fsp3) is 1.00. The normalized spacial score (nSPS) is 13.1. The van der Waals surface area contributed by atoms with E-state index in [9.17, 15) is 0 Å². The van der Waals surface area contributed by atoms with Gasteiger partial charge in [0.05, 0.1) is 0 Å². The third-order valence-corrected chi connectivity index (χ3v) is 7.66.